The first-order valence-corrected chi connectivity index (χ1v) is 3.73. The Kier molecular flexibility index (Phi) is 2.71. The van der Waals surface area contributed by atoms with Crippen molar-refractivity contribution in [3.8, 4) is 0 Å². The highest BCUT2D eigenvalue weighted by Gasteiger charge is 2.11. The molecule has 2 heterocycles. The van der Waals surface area contributed by atoms with Gasteiger partial charge in [-0.25, -0.2) is 4.99 Å². The van der Waals surface area contributed by atoms with Gasteiger partial charge in [-0.15, -0.1) is 12.4 Å². The van der Waals surface area contributed by atoms with Crippen molar-refractivity contribution in [3.05, 3.63) is 35.8 Å². The Morgan fingerprint density at radius 2 is 2.33 bits per heavy atom. The van der Waals surface area contributed by atoms with Crippen LogP contribution in [0.1, 0.15) is 6.92 Å². The van der Waals surface area contributed by atoms with Crippen LogP contribution in [0.2, 0.25) is 0 Å². The van der Waals surface area contributed by atoms with Gasteiger partial charge in [-0.05, 0) is 18.6 Å². The van der Waals surface area contributed by atoms with E-state index >= 15 is 0 Å². The quantitative estimate of drug-likeness (QED) is 0.560. The van der Waals surface area contributed by atoms with Crippen LogP contribution in [-0.2, 0) is 0 Å². The van der Waals surface area contributed by atoms with E-state index in [2.05, 4.69) is 35.2 Å². The fraction of sp³-hybridized carbons (Fsp3) is 0.222. The minimum Gasteiger partial charge on any atom is -0.329 e. The fourth-order valence-electron chi connectivity index (χ4n) is 1.29. The first-order chi connectivity index (χ1) is 5.38. The van der Waals surface area contributed by atoms with Gasteiger partial charge in [0.2, 0.25) is 0 Å². The average molecular weight is 183 g/mol. The number of hydrogen-bond acceptors (Lipinski definition) is 2. The van der Waals surface area contributed by atoms with Crippen LogP contribution in [0.5, 0.6) is 0 Å². The lowest BCUT2D eigenvalue weighted by Gasteiger charge is -2.25. The highest BCUT2D eigenvalue weighted by Crippen LogP contribution is 2.19. The minimum absolute atomic E-state index is 0. The average Bonchev–Trinajstić information content (AvgIpc) is 2.06. The molecule has 0 unspecified atom stereocenters. The second-order valence-corrected chi connectivity index (χ2v) is 2.68. The summed E-state index contributed by atoms with van der Waals surface area (Å²) in [4.78, 5) is 6.41. The second kappa shape index (κ2) is 3.59. The molecule has 12 heavy (non-hydrogen) atoms. The minimum atomic E-state index is 0. The van der Waals surface area contributed by atoms with Crippen molar-refractivity contribution in [3.63, 3.8) is 0 Å². The normalized spacial score (nSPS) is 19.2. The van der Waals surface area contributed by atoms with Crippen LogP contribution < -0.4 is 0 Å². The Hall–Kier alpha value is -1.02. The molecule has 2 nitrogen and oxygen atoms in total. The van der Waals surface area contributed by atoms with Gasteiger partial charge in [-0.2, -0.15) is 0 Å². The molecular weight excluding hydrogens is 172 g/mol. The van der Waals surface area contributed by atoms with E-state index in [1.54, 1.807) is 0 Å². The highest BCUT2D eigenvalue weighted by molar-refractivity contribution is 5.85. The molecule has 0 aromatic rings. The zero-order chi connectivity index (χ0) is 7.68. The highest BCUT2D eigenvalue weighted by atomic mass is 35.5. The van der Waals surface area contributed by atoms with E-state index in [1.807, 2.05) is 12.3 Å². The van der Waals surface area contributed by atoms with E-state index in [0.717, 1.165) is 12.4 Å². The zero-order valence-electron chi connectivity index (χ0n) is 6.90. The van der Waals surface area contributed by atoms with Crippen molar-refractivity contribution in [2.24, 2.45) is 4.99 Å². The molecule has 0 radical (unpaired) electrons. The number of halogens is 1. The third-order valence-corrected chi connectivity index (χ3v) is 1.84. The molecule has 2 rings (SSSR count). The molecule has 0 N–H and O–H groups in total. The van der Waals surface area contributed by atoms with Gasteiger partial charge in [-0.3, -0.25) is 0 Å². The number of fused-ring (bicyclic) bond motifs is 1. The SMILES string of the molecule is CC1=C2N=CC=CN2CC=C1.Cl. The molecule has 2 aliphatic heterocycles. The third-order valence-electron chi connectivity index (χ3n) is 1.84. The molecule has 0 atom stereocenters. The summed E-state index contributed by atoms with van der Waals surface area (Å²) < 4.78 is 0. The molecule has 0 saturated heterocycles. The lowest BCUT2D eigenvalue weighted by molar-refractivity contribution is 0.496. The molecule has 0 aliphatic carbocycles. The molecule has 0 aromatic heterocycles. The number of hydrogen-bond donors (Lipinski definition) is 0. The fourth-order valence-corrected chi connectivity index (χ4v) is 1.29. The summed E-state index contributed by atoms with van der Waals surface area (Å²) in [5.74, 6) is 1.08. The maximum Gasteiger partial charge on any atom is 0.135 e. The molecule has 2 aliphatic rings. The molecule has 0 bridgehead atoms. The summed E-state index contributed by atoms with van der Waals surface area (Å²) >= 11 is 0. The summed E-state index contributed by atoms with van der Waals surface area (Å²) in [6.45, 7) is 3.02. The van der Waals surface area contributed by atoms with Crippen LogP contribution in [0.25, 0.3) is 0 Å². The number of rotatable bonds is 0. The van der Waals surface area contributed by atoms with Gasteiger partial charge in [0.25, 0.3) is 0 Å². The molecule has 64 valence electrons. The number of allylic oxidation sites excluding steroid dienone is 3. The molecule has 0 amide bonds. The van der Waals surface area contributed by atoms with E-state index in [4.69, 9.17) is 0 Å². The number of aliphatic imine (C=N–C) groups is 1. The Balaban J connectivity index is 0.000000720. The predicted octanol–water partition coefficient (Wildman–Crippen LogP) is 2.11. The Labute approximate surface area is 78.4 Å². The second-order valence-electron chi connectivity index (χ2n) is 2.68. The molecular formula is C9H11ClN2. The summed E-state index contributed by atoms with van der Waals surface area (Å²) in [5, 5.41) is 0. The maximum absolute atomic E-state index is 4.27. The zero-order valence-corrected chi connectivity index (χ0v) is 7.71. The van der Waals surface area contributed by atoms with E-state index in [1.165, 1.54) is 5.57 Å². The maximum atomic E-state index is 4.27. The van der Waals surface area contributed by atoms with Gasteiger partial charge in [0.1, 0.15) is 5.82 Å². The standard InChI is InChI=1S/C9H10N2.ClH/c1-8-4-2-6-11-7-3-5-10-9(8)11;/h2-5,7H,6H2,1H3;1H. The van der Waals surface area contributed by atoms with Crippen molar-refractivity contribution < 1.29 is 0 Å². The van der Waals surface area contributed by atoms with Crippen LogP contribution in [0.15, 0.2) is 40.8 Å². The van der Waals surface area contributed by atoms with Crippen molar-refractivity contribution in [1.29, 1.82) is 0 Å². The van der Waals surface area contributed by atoms with Gasteiger partial charge in [0, 0.05) is 19.0 Å². The molecule has 0 saturated carbocycles. The van der Waals surface area contributed by atoms with E-state index < -0.39 is 0 Å². The first kappa shape index (κ1) is 9.07. The summed E-state index contributed by atoms with van der Waals surface area (Å²) in [6.07, 6.45) is 10.1. The molecule has 0 fully saturated rings. The van der Waals surface area contributed by atoms with Crippen LogP contribution in [0.4, 0.5) is 0 Å². The summed E-state index contributed by atoms with van der Waals surface area (Å²) in [7, 11) is 0. The van der Waals surface area contributed by atoms with Crippen LogP contribution >= 0.6 is 12.4 Å². The largest absolute Gasteiger partial charge is 0.329 e. The number of nitrogens with zero attached hydrogens (tertiary/aromatic N) is 2. The van der Waals surface area contributed by atoms with E-state index in [9.17, 15) is 0 Å². The van der Waals surface area contributed by atoms with Crippen LogP contribution in [0, 0.1) is 0 Å². The molecule has 0 aromatic carbocycles. The van der Waals surface area contributed by atoms with Crippen molar-refractivity contribution in [2.75, 3.05) is 6.54 Å². The van der Waals surface area contributed by atoms with Crippen LogP contribution in [0.3, 0.4) is 0 Å². The monoisotopic (exact) mass is 182 g/mol. The van der Waals surface area contributed by atoms with Crippen molar-refractivity contribution in [2.45, 2.75) is 6.92 Å². The van der Waals surface area contributed by atoms with Crippen molar-refractivity contribution in [1.82, 2.24) is 4.90 Å². The Morgan fingerprint density at radius 1 is 1.50 bits per heavy atom. The van der Waals surface area contributed by atoms with Gasteiger partial charge < -0.3 is 4.90 Å². The lowest BCUT2D eigenvalue weighted by atomic mass is 10.2. The Morgan fingerprint density at radius 3 is 3.08 bits per heavy atom. The van der Waals surface area contributed by atoms with E-state index in [-0.39, 0.29) is 12.4 Å². The first-order valence-electron chi connectivity index (χ1n) is 3.73. The predicted molar refractivity (Wildman–Crippen MR) is 53.4 cm³/mol. The van der Waals surface area contributed by atoms with Crippen molar-refractivity contribution >= 4 is 18.6 Å². The molecule has 3 heteroatoms. The topological polar surface area (TPSA) is 15.6 Å². The molecule has 0 spiro atoms. The lowest BCUT2D eigenvalue weighted by Crippen LogP contribution is -2.21. The Bertz CT molecular complexity index is 287. The third kappa shape index (κ3) is 1.43. The van der Waals surface area contributed by atoms with Crippen LogP contribution in [-0.4, -0.2) is 17.7 Å². The summed E-state index contributed by atoms with van der Waals surface area (Å²) in [5.41, 5.74) is 1.23. The van der Waals surface area contributed by atoms with Gasteiger partial charge in [-0.1, -0.05) is 12.2 Å². The van der Waals surface area contributed by atoms with Gasteiger partial charge >= 0.3 is 0 Å². The van der Waals surface area contributed by atoms with Gasteiger partial charge in [0.05, 0.1) is 0 Å². The van der Waals surface area contributed by atoms with Gasteiger partial charge in [0.15, 0.2) is 0 Å². The smallest absolute Gasteiger partial charge is 0.135 e. The van der Waals surface area contributed by atoms with E-state index in [0.29, 0.717) is 0 Å². The summed E-state index contributed by atoms with van der Waals surface area (Å²) in [6, 6.07) is 0.